The first kappa shape index (κ1) is 43.8. The molecule has 3 aromatic rings. The van der Waals surface area contributed by atoms with Gasteiger partial charge in [-0.2, -0.15) is 11.4 Å². The molecule has 0 spiro atoms. The van der Waals surface area contributed by atoms with Crippen LogP contribution in [0.2, 0.25) is 0 Å². The Labute approximate surface area is 352 Å². The van der Waals surface area contributed by atoms with Gasteiger partial charge >= 0.3 is 35.0 Å². The summed E-state index contributed by atoms with van der Waals surface area (Å²) in [4.78, 5) is 56.4. The van der Waals surface area contributed by atoms with Crippen LogP contribution in [-0.2, 0) is 25.5 Å². The number of esters is 2. The second-order valence-electron chi connectivity index (χ2n) is 15.7. The van der Waals surface area contributed by atoms with Crippen molar-refractivity contribution in [3.05, 3.63) is 102 Å². The second-order valence-corrected chi connectivity index (χ2v) is 15.7. The SMILES string of the molecule is C=Cc1c2[n-]c(c1C)/C=C1\[N-]/C(=C3\c4[n-]c(c(C)c4C(=O)[C@@H]3C(=O)OC)/C=c3\[n-]/c(c(C)c3CC)=C\2)[C@@H](C[C@H](N)C(=O)OC/C=C(\C)CCC[C@H](C)CC)[C@@H]1C.[Mg+2]. The molecule has 3 aliphatic rings. The van der Waals surface area contributed by atoms with Crippen LogP contribution in [0.3, 0.4) is 0 Å². The van der Waals surface area contributed by atoms with Crippen molar-refractivity contribution in [2.45, 2.75) is 100.0 Å². The number of rotatable bonds is 13. The number of allylic oxidation sites excluding steroid dienone is 3. The zero-order valence-electron chi connectivity index (χ0n) is 35.0. The zero-order chi connectivity index (χ0) is 40.6. The van der Waals surface area contributed by atoms with E-state index in [2.05, 4.69) is 41.2 Å². The largest absolute Gasteiger partial charge is 2.00 e. The average Bonchev–Trinajstić information content (AvgIpc) is 3.92. The Morgan fingerprint density at radius 3 is 2.37 bits per heavy atom. The molecule has 3 aromatic heterocycles. The van der Waals surface area contributed by atoms with Gasteiger partial charge in [0.1, 0.15) is 18.6 Å². The normalized spacial score (nSPS) is 22.9. The molecule has 8 bridgehead atoms. The Morgan fingerprint density at radius 1 is 1.00 bits per heavy atom. The predicted molar refractivity (Wildman–Crippen MR) is 226 cm³/mol. The van der Waals surface area contributed by atoms with Gasteiger partial charge in [-0.25, -0.2) is 0 Å². The maximum atomic E-state index is 14.3. The quantitative estimate of drug-likeness (QED) is 0.0942. The number of aromatic nitrogens is 3. The zero-order valence-corrected chi connectivity index (χ0v) is 36.5. The minimum Gasteiger partial charge on any atom is -0.664 e. The van der Waals surface area contributed by atoms with Gasteiger partial charge in [0.25, 0.3) is 0 Å². The number of carbonyl (C=O) groups is 3. The molecule has 1 fully saturated rings. The summed E-state index contributed by atoms with van der Waals surface area (Å²) < 4.78 is 10.9. The van der Waals surface area contributed by atoms with Gasteiger partial charge < -0.3 is 35.5 Å². The fourth-order valence-electron chi connectivity index (χ4n) is 8.36. The summed E-state index contributed by atoms with van der Waals surface area (Å²) in [6.45, 7) is 20.8. The van der Waals surface area contributed by atoms with E-state index in [9.17, 15) is 14.4 Å². The molecule has 57 heavy (non-hydrogen) atoms. The van der Waals surface area contributed by atoms with Crippen LogP contribution >= 0.6 is 0 Å². The van der Waals surface area contributed by atoms with Gasteiger partial charge in [0.05, 0.1) is 7.11 Å². The van der Waals surface area contributed by atoms with Crippen molar-refractivity contribution in [3.63, 3.8) is 0 Å². The molecule has 1 aliphatic carbocycles. The molecule has 6 rings (SSSR count). The van der Waals surface area contributed by atoms with E-state index in [-0.39, 0.29) is 47.8 Å². The second kappa shape index (κ2) is 18.1. The molecule has 1 saturated heterocycles. The van der Waals surface area contributed by atoms with E-state index in [1.54, 1.807) is 6.08 Å². The van der Waals surface area contributed by atoms with Gasteiger partial charge in [-0.3, -0.25) is 14.4 Å². The number of carbonyl (C=O) groups excluding carboxylic acids is 3. The molecular weight excluding hydrogens is 727 g/mol. The molecule has 2 N–H and O–H groups in total. The molecule has 5 heterocycles. The molecule has 0 saturated carbocycles. The van der Waals surface area contributed by atoms with Crippen molar-refractivity contribution in [2.24, 2.45) is 29.4 Å². The number of ketones is 1. The molecule has 10 nitrogen and oxygen atoms in total. The number of nitrogens with two attached hydrogens (primary N) is 1. The first-order valence-electron chi connectivity index (χ1n) is 19.9. The Kier molecular flexibility index (Phi) is 13.9. The topological polar surface area (TPSA) is 152 Å². The van der Waals surface area contributed by atoms with E-state index in [0.717, 1.165) is 70.8 Å². The van der Waals surface area contributed by atoms with Crippen LogP contribution in [-0.4, -0.2) is 60.5 Å². The van der Waals surface area contributed by atoms with Gasteiger partial charge in [0.15, 0.2) is 5.78 Å². The van der Waals surface area contributed by atoms with E-state index in [1.807, 2.05) is 45.1 Å². The van der Waals surface area contributed by atoms with Crippen molar-refractivity contribution in [3.8, 4) is 0 Å². The number of hydrogen-bond donors (Lipinski definition) is 1. The Morgan fingerprint density at radius 2 is 1.70 bits per heavy atom. The fourth-order valence-corrected chi connectivity index (χ4v) is 8.36. The van der Waals surface area contributed by atoms with E-state index in [4.69, 9.17) is 35.5 Å². The molecule has 0 radical (unpaired) electrons. The molecule has 0 unspecified atom stereocenters. The number of fused-ring (bicyclic) bond motifs is 7. The van der Waals surface area contributed by atoms with E-state index in [0.29, 0.717) is 51.1 Å². The maximum Gasteiger partial charge on any atom is 2.00 e. The number of Topliss-reactive ketones (excluding diaryl/α,β-unsaturated/α-hetero) is 1. The first-order valence-corrected chi connectivity index (χ1v) is 19.9. The molecule has 11 heteroatoms. The molecule has 0 aromatic carbocycles. The summed E-state index contributed by atoms with van der Waals surface area (Å²) >= 11 is 0. The third-order valence-electron chi connectivity index (χ3n) is 12.2. The van der Waals surface area contributed by atoms with Crippen molar-refractivity contribution < 1.29 is 23.9 Å². The van der Waals surface area contributed by atoms with Gasteiger partial charge in [-0.1, -0.05) is 105 Å². The summed E-state index contributed by atoms with van der Waals surface area (Å²) in [5.41, 5.74) is 16.8. The molecule has 298 valence electrons. The predicted octanol–water partition coefficient (Wildman–Crippen LogP) is 6.08. The van der Waals surface area contributed by atoms with Crippen LogP contribution in [0.5, 0.6) is 0 Å². The van der Waals surface area contributed by atoms with Gasteiger partial charge in [-0.15, -0.1) is 33.5 Å². The number of methoxy groups -OCH3 is 1. The third kappa shape index (κ3) is 8.34. The number of nitrogens with zero attached hydrogens (tertiary/aromatic N) is 4. The van der Waals surface area contributed by atoms with Gasteiger partial charge in [0.2, 0.25) is 0 Å². The third-order valence-corrected chi connectivity index (χ3v) is 12.2. The summed E-state index contributed by atoms with van der Waals surface area (Å²) in [6, 6.07) is -0.993. The average molecular weight is 782 g/mol. The summed E-state index contributed by atoms with van der Waals surface area (Å²) in [7, 11) is 1.27. The first-order chi connectivity index (χ1) is 26.7. The van der Waals surface area contributed by atoms with Crippen LogP contribution in [0.15, 0.2) is 29.6 Å². The minimum absolute atomic E-state index is 0. The van der Waals surface area contributed by atoms with Crippen LogP contribution < -0.4 is 31.4 Å². The fraction of sp³-hybridized carbons (Fsp3) is 0.457. The smallest absolute Gasteiger partial charge is 0.664 e. The molecule has 5 atom stereocenters. The summed E-state index contributed by atoms with van der Waals surface area (Å²) in [6.07, 6.45) is 14.9. The van der Waals surface area contributed by atoms with Crippen LogP contribution in [0.1, 0.15) is 128 Å². The summed E-state index contributed by atoms with van der Waals surface area (Å²) in [5.74, 6) is -2.92. The van der Waals surface area contributed by atoms with Gasteiger partial charge in [0, 0.05) is 5.56 Å². The number of hydrogen-bond acceptors (Lipinski definition) is 6. The van der Waals surface area contributed by atoms with Crippen molar-refractivity contribution in [2.75, 3.05) is 13.7 Å². The Balaban J connectivity index is 0.00000620. The summed E-state index contributed by atoms with van der Waals surface area (Å²) in [5, 5.41) is 6.74. The van der Waals surface area contributed by atoms with Crippen LogP contribution in [0.25, 0.3) is 35.2 Å². The number of ether oxygens (including phenoxy) is 2. The van der Waals surface area contributed by atoms with Crippen molar-refractivity contribution >= 4 is 70.7 Å². The Hall–Kier alpha value is -4.32. The molecular formula is C46H55MgN5O5-2. The molecule has 2 aliphatic heterocycles. The minimum atomic E-state index is -1.27. The van der Waals surface area contributed by atoms with E-state index < -0.39 is 29.8 Å². The Bertz CT molecular complexity index is 2300. The van der Waals surface area contributed by atoms with E-state index >= 15 is 0 Å². The van der Waals surface area contributed by atoms with Gasteiger partial charge in [-0.05, 0) is 82.8 Å². The standard InChI is InChI=1S/C46H56N5O5.Mg/c1-11-23(4)15-14-16-24(5)17-18-56-45(53)32(47)19-31-27(8)35-20-33-25(6)29(12-2)37(48-33)21-34-26(7)30(13-3)38(49-34)22-36-28(9)39-43(51-36)40(42(31)50-35)41(44(39)52)46(54)55-10;/h12,17,20-23,27,31-32,41H,2,11,13-16,18-19,47H2,1,3-10H3,(H-,50,51,52);/q-3;+2/p-1/b24-17+,34-21-,35-20-,38-22-;/t23-,27+,31+,32+,41-;/m1./s1. The van der Waals surface area contributed by atoms with Crippen molar-refractivity contribution in [1.29, 1.82) is 0 Å². The maximum absolute atomic E-state index is 14.3. The monoisotopic (exact) mass is 781 g/mol. The molecule has 0 amide bonds. The van der Waals surface area contributed by atoms with E-state index in [1.165, 1.54) is 12.7 Å². The van der Waals surface area contributed by atoms with Crippen LogP contribution in [0.4, 0.5) is 0 Å². The van der Waals surface area contributed by atoms with Crippen molar-refractivity contribution in [1.82, 2.24) is 15.0 Å². The van der Waals surface area contributed by atoms with Crippen LogP contribution in [0, 0.1) is 44.4 Å².